The lowest BCUT2D eigenvalue weighted by Gasteiger charge is -2.20. The summed E-state index contributed by atoms with van der Waals surface area (Å²) in [6.45, 7) is 13.3. The van der Waals surface area contributed by atoms with Crippen LogP contribution >= 0.6 is 0 Å². The Balaban J connectivity index is 2.09. The van der Waals surface area contributed by atoms with E-state index in [0.717, 1.165) is 19.0 Å². The zero-order chi connectivity index (χ0) is 15.5. The van der Waals surface area contributed by atoms with Gasteiger partial charge in [0.05, 0.1) is 0 Å². The molecule has 2 aromatic rings. The highest BCUT2D eigenvalue weighted by Gasteiger charge is 2.09. The van der Waals surface area contributed by atoms with Gasteiger partial charge in [0.1, 0.15) is 0 Å². The number of aryl methyl sites for hydroxylation is 1. The molecule has 0 aliphatic heterocycles. The molecule has 1 N–H and O–H groups in total. The molecule has 0 unspecified atom stereocenters. The summed E-state index contributed by atoms with van der Waals surface area (Å²) in [6, 6.07) is 9.04. The van der Waals surface area contributed by atoms with Crippen molar-refractivity contribution in [2.75, 3.05) is 0 Å². The van der Waals surface area contributed by atoms with Gasteiger partial charge in [0, 0.05) is 30.3 Å². The number of hydrogen-bond acceptors (Lipinski definition) is 1. The number of benzene rings is 1. The summed E-state index contributed by atoms with van der Waals surface area (Å²) in [4.78, 5) is 0. The molecule has 0 spiro atoms. The van der Waals surface area contributed by atoms with Crippen LogP contribution in [-0.4, -0.2) is 10.1 Å². The molecule has 1 heterocycles. The number of aromatic nitrogens is 1. The molecule has 0 bridgehead atoms. The molecule has 2 rings (SSSR count). The molecule has 1 aromatic carbocycles. The van der Waals surface area contributed by atoms with Gasteiger partial charge in [-0.15, -0.1) is 0 Å². The Hall–Kier alpha value is -1.28. The molecular formula is C19H30N2. The molecule has 2 nitrogen and oxygen atoms in total. The number of hydrogen-bond donors (Lipinski definition) is 1. The van der Waals surface area contributed by atoms with Gasteiger partial charge in [0.2, 0.25) is 0 Å². The van der Waals surface area contributed by atoms with Crippen molar-refractivity contribution in [1.82, 2.24) is 9.88 Å². The molecule has 0 saturated heterocycles. The van der Waals surface area contributed by atoms with Gasteiger partial charge >= 0.3 is 0 Å². The van der Waals surface area contributed by atoms with Gasteiger partial charge in [0.25, 0.3) is 0 Å². The van der Waals surface area contributed by atoms with Crippen molar-refractivity contribution in [2.24, 2.45) is 5.92 Å². The maximum atomic E-state index is 3.56. The first-order valence-corrected chi connectivity index (χ1v) is 8.18. The SMILES string of the molecule is CC(C)CCCn1ccc2ccc(CNC(C)(C)C)cc21. The van der Waals surface area contributed by atoms with E-state index in [9.17, 15) is 0 Å². The topological polar surface area (TPSA) is 17.0 Å². The largest absolute Gasteiger partial charge is 0.347 e. The van der Waals surface area contributed by atoms with Crippen molar-refractivity contribution < 1.29 is 0 Å². The number of nitrogens with one attached hydrogen (secondary N) is 1. The lowest BCUT2D eigenvalue weighted by Crippen LogP contribution is -2.35. The predicted octanol–water partition coefficient (Wildman–Crippen LogP) is 4.97. The zero-order valence-electron chi connectivity index (χ0n) is 14.2. The van der Waals surface area contributed by atoms with E-state index in [2.05, 4.69) is 75.0 Å². The van der Waals surface area contributed by atoms with Crippen molar-refractivity contribution in [3.05, 3.63) is 36.0 Å². The lowest BCUT2D eigenvalue weighted by atomic mass is 10.1. The van der Waals surface area contributed by atoms with Crippen LogP contribution in [0.4, 0.5) is 0 Å². The van der Waals surface area contributed by atoms with E-state index in [1.54, 1.807) is 0 Å². The Morgan fingerprint density at radius 1 is 1.14 bits per heavy atom. The van der Waals surface area contributed by atoms with Crippen LogP contribution in [0.25, 0.3) is 10.9 Å². The van der Waals surface area contributed by atoms with Crippen LogP contribution in [-0.2, 0) is 13.1 Å². The highest BCUT2D eigenvalue weighted by Crippen LogP contribution is 2.19. The normalized spacial score (nSPS) is 12.5. The molecule has 116 valence electrons. The molecule has 2 heteroatoms. The average Bonchev–Trinajstić information content (AvgIpc) is 2.78. The van der Waals surface area contributed by atoms with Crippen LogP contribution in [0.15, 0.2) is 30.5 Å². The quantitative estimate of drug-likeness (QED) is 0.793. The minimum absolute atomic E-state index is 0.161. The van der Waals surface area contributed by atoms with Crippen LogP contribution < -0.4 is 5.32 Å². The fourth-order valence-electron chi connectivity index (χ4n) is 2.57. The van der Waals surface area contributed by atoms with E-state index < -0.39 is 0 Å². The smallest absolute Gasteiger partial charge is 0.0483 e. The van der Waals surface area contributed by atoms with Gasteiger partial charge in [-0.05, 0) is 62.6 Å². The Bertz CT molecular complexity index is 573. The van der Waals surface area contributed by atoms with Crippen LogP contribution in [0.5, 0.6) is 0 Å². The number of nitrogens with zero attached hydrogens (tertiary/aromatic N) is 1. The van der Waals surface area contributed by atoms with E-state index >= 15 is 0 Å². The van der Waals surface area contributed by atoms with E-state index in [0.29, 0.717) is 0 Å². The molecular weight excluding hydrogens is 256 g/mol. The van der Waals surface area contributed by atoms with Crippen molar-refractivity contribution in [2.45, 2.75) is 66.1 Å². The minimum Gasteiger partial charge on any atom is -0.347 e. The summed E-state index contributed by atoms with van der Waals surface area (Å²) >= 11 is 0. The summed E-state index contributed by atoms with van der Waals surface area (Å²) in [5.74, 6) is 0.790. The average molecular weight is 286 g/mol. The van der Waals surface area contributed by atoms with Gasteiger partial charge in [-0.25, -0.2) is 0 Å². The second-order valence-corrected chi connectivity index (χ2v) is 7.54. The summed E-state index contributed by atoms with van der Waals surface area (Å²) in [6.07, 6.45) is 4.78. The molecule has 0 fully saturated rings. The van der Waals surface area contributed by atoms with Crippen molar-refractivity contribution >= 4 is 10.9 Å². The summed E-state index contributed by atoms with van der Waals surface area (Å²) < 4.78 is 2.40. The molecule has 0 aliphatic rings. The molecule has 0 amide bonds. The highest BCUT2D eigenvalue weighted by atomic mass is 15.0. The molecule has 1 aromatic heterocycles. The van der Waals surface area contributed by atoms with Crippen LogP contribution in [0, 0.1) is 5.92 Å². The highest BCUT2D eigenvalue weighted by molar-refractivity contribution is 5.80. The van der Waals surface area contributed by atoms with Gasteiger partial charge in [0.15, 0.2) is 0 Å². The molecule has 21 heavy (non-hydrogen) atoms. The van der Waals surface area contributed by atoms with Crippen LogP contribution in [0.3, 0.4) is 0 Å². The zero-order valence-corrected chi connectivity index (χ0v) is 14.2. The Morgan fingerprint density at radius 2 is 1.90 bits per heavy atom. The van der Waals surface area contributed by atoms with Gasteiger partial charge in [-0.2, -0.15) is 0 Å². The third kappa shape index (κ3) is 4.89. The van der Waals surface area contributed by atoms with Crippen molar-refractivity contribution in [3.8, 4) is 0 Å². The third-order valence-electron chi connectivity index (χ3n) is 3.84. The van der Waals surface area contributed by atoms with Crippen LogP contribution in [0.1, 0.15) is 53.0 Å². The maximum absolute atomic E-state index is 3.56. The first-order chi connectivity index (χ1) is 9.85. The summed E-state index contributed by atoms with van der Waals surface area (Å²) in [7, 11) is 0. The lowest BCUT2D eigenvalue weighted by molar-refractivity contribution is 0.424. The number of rotatable bonds is 6. The first-order valence-electron chi connectivity index (χ1n) is 8.18. The van der Waals surface area contributed by atoms with E-state index in [-0.39, 0.29) is 5.54 Å². The second kappa shape index (κ2) is 6.65. The van der Waals surface area contributed by atoms with Gasteiger partial charge in [-0.1, -0.05) is 26.0 Å². The molecule has 0 aliphatic carbocycles. The van der Waals surface area contributed by atoms with Crippen molar-refractivity contribution in [1.29, 1.82) is 0 Å². The first kappa shape index (κ1) is 16.1. The Kier molecular flexibility index (Phi) is 5.10. The summed E-state index contributed by atoms with van der Waals surface area (Å²) in [5, 5.41) is 4.91. The van der Waals surface area contributed by atoms with Gasteiger partial charge in [-0.3, -0.25) is 0 Å². The second-order valence-electron chi connectivity index (χ2n) is 7.54. The van der Waals surface area contributed by atoms with Crippen LogP contribution in [0.2, 0.25) is 0 Å². The number of fused-ring (bicyclic) bond motifs is 1. The van der Waals surface area contributed by atoms with Crippen molar-refractivity contribution in [3.63, 3.8) is 0 Å². The summed E-state index contributed by atoms with van der Waals surface area (Å²) in [5.41, 5.74) is 2.89. The molecule has 0 atom stereocenters. The van der Waals surface area contributed by atoms with E-state index in [4.69, 9.17) is 0 Å². The van der Waals surface area contributed by atoms with E-state index in [1.807, 2.05) is 0 Å². The third-order valence-corrected chi connectivity index (χ3v) is 3.84. The monoisotopic (exact) mass is 286 g/mol. The fourth-order valence-corrected chi connectivity index (χ4v) is 2.57. The Labute approximate surface area is 129 Å². The Morgan fingerprint density at radius 3 is 2.57 bits per heavy atom. The van der Waals surface area contributed by atoms with Gasteiger partial charge < -0.3 is 9.88 Å². The maximum Gasteiger partial charge on any atom is 0.0483 e. The standard InChI is InChI=1S/C19H30N2/c1-15(2)7-6-11-21-12-10-17-9-8-16(13-18(17)21)14-20-19(3,4)5/h8-10,12-13,15,20H,6-7,11,14H2,1-5H3. The molecule has 0 saturated carbocycles. The fraction of sp³-hybridized carbons (Fsp3) is 0.579. The van der Waals surface area contributed by atoms with E-state index in [1.165, 1.54) is 29.3 Å². The minimum atomic E-state index is 0.161. The predicted molar refractivity (Wildman–Crippen MR) is 92.6 cm³/mol. The molecule has 0 radical (unpaired) electrons.